The van der Waals surface area contributed by atoms with Crippen molar-refractivity contribution >= 4 is 35.0 Å². The lowest BCUT2D eigenvalue weighted by Crippen LogP contribution is -2.31. The maximum atomic E-state index is 6.34. The fraction of sp³-hybridized carbons (Fsp3) is 0.333. The van der Waals surface area contributed by atoms with Gasteiger partial charge in [0.05, 0.1) is 25.4 Å². The molecule has 0 aliphatic rings. The summed E-state index contributed by atoms with van der Waals surface area (Å²) in [7, 11) is 3.58. The van der Waals surface area contributed by atoms with Gasteiger partial charge in [-0.25, -0.2) is 0 Å². The average Bonchev–Trinajstić information content (AvgIpc) is 2.87. The Labute approximate surface area is 237 Å². The van der Waals surface area contributed by atoms with Crippen LogP contribution in [0.4, 0.5) is 0 Å². The lowest BCUT2D eigenvalue weighted by Gasteiger charge is -2.31. The van der Waals surface area contributed by atoms with Gasteiger partial charge < -0.3 is 19.7 Å². The lowest BCUT2D eigenvalue weighted by molar-refractivity contribution is 0.105. The SMILES string of the molecule is C=C(/C=C\C(=C/C)CN(CCOCc1ccccc1)/C(Sc1cc(Cl)cc(Cl)c1)=C(\NC)C(C)C)OC. The third-order valence-electron chi connectivity index (χ3n) is 5.52. The Hall–Kier alpha value is -2.31. The van der Waals surface area contributed by atoms with Crippen molar-refractivity contribution in [2.24, 2.45) is 5.92 Å². The van der Waals surface area contributed by atoms with Crippen molar-refractivity contribution in [2.45, 2.75) is 32.3 Å². The Bertz CT molecular complexity index is 1080. The summed E-state index contributed by atoms with van der Waals surface area (Å²) in [6, 6.07) is 15.8. The van der Waals surface area contributed by atoms with Crippen molar-refractivity contribution in [3.05, 3.63) is 111 Å². The summed E-state index contributed by atoms with van der Waals surface area (Å²) in [6.07, 6.45) is 6.02. The quantitative estimate of drug-likeness (QED) is 0.102. The molecule has 0 fully saturated rings. The molecule has 0 saturated heterocycles. The molecule has 0 aromatic heterocycles. The van der Waals surface area contributed by atoms with Crippen LogP contribution in [0.5, 0.6) is 0 Å². The van der Waals surface area contributed by atoms with Gasteiger partial charge in [-0.3, -0.25) is 0 Å². The number of halogens is 2. The van der Waals surface area contributed by atoms with E-state index in [-0.39, 0.29) is 5.92 Å². The van der Waals surface area contributed by atoms with E-state index in [2.05, 4.69) is 48.9 Å². The van der Waals surface area contributed by atoms with E-state index in [9.17, 15) is 0 Å². The first kappa shape index (κ1) is 30.9. The summed E-state index contributed by atoms with van der Waals surface area (Å²) in [5.74, 6) is 0.877. The molecule has 2 aromatic carbocycles. The molecule has 0 heterocycles. The molecule has 0 spiro atoms. The van der Waals surface area contributed by atoms with Crippen LogP contribution in [-0.4, -0.2) is 38.8 Å². The van der Waals surface area contributed by atoms with Gasteiger partial charge in [0.1, 0.15) is 5.76 Å². The zero-order valence-electron chi connectivity index (χ0n) is 22.4. The molecule has 4 nitrogen and oxygen atoms in total. The van der Waals surface area contributed by atoms with Gasteiger partial charge in [0.15, 0.2) is 0 Å². The van der Waals surface area contributed by atoms with Gasteiger partial charge in [-0.2, -0.15) is 0 Å². The molecule has 0 aliphatic heterocycles. The number of ether oxygens (including phenoxy) is 2. The number of allylic oxidation sites excluding steroid dienone is 3. The molecule has 0 saturated carbocycles. The number of rotatable bonds is 15. The first-order chi connectivity index (χ1) is 17.8. The Balaban J connectivity index is 2.39. The number of hydrogen-bond donors (Lipinski definition) is 1. The minimum atomic E-state index is 0.271. The van der Waals surface area contributed by atoms with Gasteiger partial charge in [-0.15, -0.1) is 0 Å². The Kier molecular flexibility index (Phi) is 13.8. The van der Waals surface area contributed by atoms with E-state index in [4.69, 9.17) is 32.7 Å². The molecule has 2 aromatic rings. The third-order valence-corrected chi connectivity index (χ3v) is 7.10. The summed E-state index contributed by atoms with van der Waals surface area (Å²) in [6.45, 7) is 12.8. The smallest absolute Gasteiger partial charge is 0.111 e. The third kappa shape index (κ3) is 10.9. The molecule has 0 unspecified atom stereocenters. The first-order valence-electron chi connectivity index (χ1n) is 12.3. The predicted octanol–water partition coefficient (Wildman–Crippen LogP) is 8.31. The summed E-state index contributed by atoms with van der Waals surface area (Å²) < 4.78 is 11.3. The second-order valence-electron chi connectivity index (χ2n) is 8.66. The maximum Gasteiger partial charge on any atom is 0.111 e. The molecule has 0 radical (unpaired) electrons. The minimum absolute atomic E-state index is 0.271. The van der Waals surface area contributed by atoms with Crippen LogP contribution in [0.2, 0.25) is 10.0 Å². The summed E-state index contributed by atoms with van der Waals surface area (Å²) in [5.41, 5.74) is 3.41. The fourth-order valence-electron chi connectivity index (χ4n) is 3.55. The van der Waals surface area contributed by atoms with Crippen LogP contribution < -0.4 is 5.32 Å². The second kappa shape index (κ2) is 16.5. The molecular weight excluding hydrogens is 523 g/mol. The first-order valence-corrected chi connectivity index (χ1v) is 13.8. The van der Waals surface area contributed by atoms with E-state index < -0.39 is 0 Å². The van der Waals surface area contributed by atoms with Gasteiger partial charge in [-0.05, 0) is 48.3 Å². The highest BCUT2D eigenvalue weighted by Crippen LogP contribution is 2.36. The average molecular weight is 562 g/mol. The molecule has 37 heavy (non-hydrogen) atoms. The van der Waals surface area contributed by atoms with Crippen molar-refractivity contribution in [1.82, 2.24) is 10.2 Å². The van der Waals surface area contributed by atoms with E-state index in [1.807, 2.05) is 56.5 Å². The number of methoxy groups -OCH3 is 1. The van der Waals surface area contributed by atoms with Crippen LogP contribution >= 0.6 is 35.0 Å². The molecule has 7 heteroatoms. The molecule has 0 amide bonds. The zero-order valence-corrected chi connectivity index (χ0v) is 24.7. The molecular formula is C30H38Cl2N2O2S. The lowest BCUT2D eigenvalue weighted by atomic mass is 10.1. The Morgan fingerprint density at radius 1 is 1.11 bits per heavy atom. The summed E-state index contributed by atoms with van der Waals surface area (Å²) in [5, 5.41) is 5.75. The number of thioether (sulfide) groups is 1. The largest absolute Gasteiger partial charge is 0.497 e. The normalized spacial score (nSPS) is 12.6. The van der Waals surface area contributed by atoms with E-state index in [0.717, 1.165) is 26.8 Å². The topological polar surface area (TPSA) is 33.7 Å². The number of hydrogen-bond acceptors (Lipinski definition) is 5. The summed E-state index contributed by atoms with van der Waals surface area (Å²) >= 11 is 14.3. The van der Waals surface area contributed by atoms with Crippen molar-refractivity contribution in [2.75, 3.05) is 33.9 Å². The zero-order chi connectivity index (χ0) is 27.2. The standard InChI is InChI=1S/C30H38Cl2N2O2S/c1-7-24(14-13-23(4)35-6)20-34(15-16-36-21-25-11-9-8-10-12-25)30(29(33-5)22(2)3)37-28-18-26(31)17-27(32)19-28/h7-14,17-19,22,33H,4,15-16,20-21H2,1-3,5-6H3/b14-13-,24-7+,30-29+. The van der Waals surface area contributed by atoms with Gasteiger partial charge in [0.2, 0.25) is 0 Å². The van der Waals surface area contributed by atoms with Gasteiger partial charge >= 0.3 is 0 Å². The monoisotopic (exact) mass is 560 g/mol. The van der Waals surface area contributed by atoms with Gasteiger partial charge in [0.25, 0.3) is 0 Å². The fourth-order valence-corrected chi connectivity index (χ4v) is 5.53. The molecule has 0 atom stereocenters. The highest BCUT2D eigenvalue weighted by molar-refractivity contribution is 8.03. The second-order valence-corrected chi connectivity index (χ2v) is 10.6. The Morgan fingerprint density at radius 2 is 1.78 bits per heavy atom. The highest BCUT2D eigenvalue weighted by atomic mass is 35.5. The van der Waals surface area contributed by atoms with Crippen molar-refractivity contribution in [3.8, 4) is 0 Å². The number of nitrogens with one attached hydrogen (secondary N) is 1. The molecule has 200 valence electrons. The predicted molar refractivity (Wildman–Crippen MR) is 160 cm³/mol. The Morgan fingerprint density at radius 3 is 2.35 bits per heavy atom. The van der Waals surface area contributed by atoms with Crippen LogP contribution in [0.15, 0.2) is 100 Å². The van der Waals surface area contributed by atoms with Crippen molar-refractivity contribution in [3.63, 3.8) is 0 Å². The van der Waals surface area contributed by atoms with Crippen LogP contribution in [0.25, 0.3) is 0 Å². The molecule has 1 N–H and O–H groups in total. The molecule has 0 bridgehead atoms. The minimum Gasteiger partial charge on any atom is -0.497 e. The van der Waals surface area contributed by atoms with Crippen LogP contribution in [0.3, 0.4) is 0 Å². The summed E-state index contributed by atoms with van der Waals surface area (Å²) in [4.78, 5) is 3.31. The van der Waals surface area contributed by atoms with E-state index in [1.54, 1.807) is 24.9 Å². The van der Waals surface area contributed by atoms with E-state index in [1.165, 1.54) is 0 Å². The van der Waals surface area contributed by atoms with Gasteiger partial charge in [0, 0.05) is 40.8 Å². The van der Waals surface area contributed by atoms with Crippen molar-refractivity contribution in [1.29, 1.82) is 0 Å². The van der Waals surface area contributed by atoms with Crippen molar-refractivity contribution < 1.29 is 9.47 Å². The van der Waals surface area contributed by atoms with E-state index in [0.29, 0.717) is 42.1 Å². The molecule has 0 aliphatic carbocycles. The van der Waals surface area contributed by atoms with Crippen LogP contribution in [-0.2, 0) is 16.1 Å². The van der Waals surface area contributed by atoms with Gasteiger partial charge in [-0.1, -0.05) is 97.9 Å². The van der Waals surface area contributed by atoms with E-state index >= 15 is 0 Å². The maximum absolute atomic E-state index is 6.34. The number of benzene rings is 2. The highest BCUT2D eigenvalue weighted by Gasteiger charge is 2.20. The van der Waals surface area contributed by atoms with Crippen LogP contribution in [0, 0.1) is 5.92 Å². The van der Waals surface area contributed by atoms with Crippen LogP contribution in [0.1, 0.15) is 26.3 Å². The molecule has 2 rings (SSSR count). The number of nitrogens with zero attached hydrogens (tertiary/aromatic N) is 1.